The van der Waals surface area contributed by atoms with Crippen molar-refractivity contribution in [2.45, 2.75) is 11.8 Å². The van der Waals surface area contributed by atoms with Crippen molar-refractivity contribution < 1.29 is 22.7 Å². The highest BCUT2D eigenvalue weighted by Crippen LogP contribution is 2.12. The number of methoxy groups -OCH3 is 1. The van der Waals surface area contributed by atoms with Crippen molar-refractivity contribution in [1.29, 1.82) is 0 Å². The minimum absolute atomic E-state index is 0.0962. The van der Waals surface area contributed by atoms with E-state index in [1.165, 1.54) is 25.3 Å². The van der Waals surface area contributed by atoms with Gasteiger partial charge in [0.15, 0.2) is 0 Å². The Labute approximate surface area is 98.6 Å². The molecule has 17 heavy (non-hydrogen) atoms. The van der Waals surface area contributed by atoms with Gasteiger partial charge in [-0.15, -0.1) is 0 Å². The molecule has 0 radical (unpaired) electrons. The van der Waals surface area contributed by atoms with E-state index in [1.54, 1.807) is 4.72 Å². The van der Waals surface area contributed by atoms with Gasteiger partial charge in [0.25, 0.3) is 10.0 Å². The van der Waals surface area contributed by atoms with Gasteiger partial charge in [0.05, 0.1) is 17.6 Å². The molecule has 0 atom stereocenters. The molecule has 7 heteroatoms. The van der Waals surface area contributed by atoms with E-state index in [1.807, 2.05) is 0 Å². The van der Waals surface area contributed by atoms with Crippen LogP contribution in [0.5, 0.6) is 0 Å². The molecule has 92 valence electrons. The highest BCUT2D eigenvalue weighted by atomic mass is 32.2. The smallest absolute Gasteiger partial charge is 0.337 e. The summed E-state index contributed by atoms with van der Waals surface area (Å²) in [5.74, 6) is -1.35. The lowest BCUT2D eigenvalue weighted by molar-refractivity contribution is -0.117. The normalized spacial score (nSPS) is 10.7. The van der Waals surface area contributed by atoms with Gasteiger partial charge in [-0.25, -0.2) is 17.9 Å². The lowest BCUT2D eigenvalue weighted by atomic mass is 10.2. The maximum absolute atomic E-state index is 11.6. The molecule has 0 aliphatic rings. The van der Waals surface area contributed by atoms with E-state index in [0.29, 0.717) is 0 Å². The second-order valence-electron chi connectivity index (χ2n) is 3.18. The average Bonchev–Trinajstić information content (AvgIpc) is 2.26. The van der Waals surface area contributed by atoms with Crippen LogP contribution in [0.15, 0.2) is 29.2 Å². The Balaban J connectivity index is 3.16. The number of amides is 1. The number of hydrogen-bond acceptors (Lipinski definition) is 5. The number of benzene rings is 1. The molecular weight excluding hydrogens is 246 g/mol. The lowest BCUT2D eigenvalue weighted by Crippen LogP contribution is -2.28. The lowest BCUT2D eigenvalue weighted by Gasteiger charge is -2.05. The Morgan fingerprint density at radius 1 is 1.29 bits per heavy atom. The van der Waals surface area contributed by atoms with E-state index in [9.17, 15) is 18.0 Å². The predicted molar refractivity (Wildman–Crippen MR) is 58.8 cm³/mol. The van der Waals surface area contributed by atoms with Crippen LogP contribution in [0.1, 0.15) is 17.3 Å². The van der Waals surface area contributed by atoms with Gasteiger partial charge in [-0.1, -0.05) is 6.07 Å². The molecule has 1 rings (SSSR count). The number of ether oxygens (including phenoxy) is 1. The molecule has 1 amide bonds. The van der Waals surface area contributed by atoms with Crippen molar-refractivity contribution in [1.82, 2.24) is 4.72 Å². The van der Waals surface area contributed by atoms with Crippen LogP contribution in [-0.4, -0.2) is 27.4 Å². The van der Waals surface area contributed by atoms with Crippen molar-refractivity contribution in [3.63, 3.8) is 0 Å². The molecule has 0 heterocycles. The van der Waals surface area contributed by atoms with Gasteiger partial charge in [-0.2, -0.15) is 0 Å². The molecule has 0 unspecified atom stereocenters. The number of nitrogens with one attached hydrogen (secondary N) is 1. The minimum atomic E-state index is -3.93. The van der Waals surface area contributed by atoms with Crippen LogP contribution in [0.3, 0.4) is 0 Å². The maximum atomic E-state index is 11.6. The van der Waals surface area contributed by atoms with E-state index in [-0.39, 0.29) is 10.5 Å². The molecule has 0 saturated carbocycles. The van der Waals surface area contributed by atoms with E-state index in [4.69, 9.17) is 0 Å². The highest BCUT2D eigenvalue weighted by molar-refractivity contribution is 7.90. The van der Waals surface area contributed by atoms with Crippen LogP contribution < -0.4 is 4.72 Å². The summed E-state index contributed by atoms with van der Waals surface area (Å²) < 4.78 is 29.5. The van der Waals surface area contributed by atoms with Gasteiger partial charge in [0.2, 0.25) is 5.91 Å². The first-order valence-corrected chi connectivity index (χ1v) is 6.07. The average molecular weight is 257 g/mol. The number of carbonyl (C=O) groups excluding carboxylic acids is 2. The zero-order valence-corrected chi connectivity index (χ0v) is 10.1. The van der Waals surface area contributed by atoms with Gasteiger partial charge < -0.3 is 4.74 Å². The fourth-order valence-electron chi connectivity index (χ4n) is 1.16. The molecule has 0 bridgehead atoms. The number of hydrogen-bond donors (Lipinski definition) is 1. The summed E-state index contributed by atoms with van der Waals surface area (Å²) in [6.45, 7) is 1.09. The van der Waals surface area contributed by atoms with Crippen LogP contribution >= 0.6 is 0 Å². The Morgan fingerprint density at radius 2 is 1.94 bits per heavy atom. The summed E-state index contributed by atoms with van der Waals surface area (Å²) in [6.07, 6.45) is 0. The third-order valence-corrected chi connectivity index (χ3v) is 3.27. The first-order valence-electron chi connectivity index (χ1n) is 4.58. The van der Waals surface area contributed by atoms with Gasteiger partial charge in [0, 0.05) is 6.92 Å². The van der Waals surface area contributed by atoms with Crippen LogP contribution in [-0.2, 0) is 19.6 Å². The number of esters is 1. The van der Waals surface area contributed by atoms with Crippen molar-refractivity contribution in [3.05, 3.63) is 29.8 Å². The molecule has 0 fully saturated rings. The number of carbonyl (C=O) groups is 2. The molecule has 0 aliphatic heterocycles. The summed E-state index contributed by atoms with van der Waals surface area (Å²) in [5.41, 5.74) is 0.0962. The molecule has 0 saturated heterocycles. The van der Waals surface area contributed by atoms with Crippen molar-refractivity contribution in [2.75, 3.05) is 7.11 Å². The molecular formula is C10H11NO5S. The molecule has 1 aromatic rings. The van der Waals surface area contributed by atoms with Crippen LogP contribution in [0.2, 0.25) is 0 Å². The quantitative estimate of drug-likeness (QED) is 0.786. The largest absolute Gasteiger partial charge is 0.465 e. The highest BCUT2D eigenvalue weighted by Gasteiger charge is 2.17. The van der Waals surface area contributed by atoms with Crippen LogP contribution in [0.25, 0.3) is 0 Å². The predicted octanol–water partition coefficient (Wildman–Crippen LogP) is 0.298. The summed E-state index contributed by atoms with van der Waals surface area (Å²) in [7, 11) is -2.74. The monoisotopic (exact) mass is 257 g/mol. The minimum Gasteiger partial charge on any atom is -0.465 e. The van der Waals surface area contributed by atoms with Crippen molar-refractivity contribution >= 4 is 21.9 Å². The zero-order valence-electron chi connectivity index (χ0n) is 9.26. The SMILES string of the molecule is COC(=O)c1cccc(S(=O)(=O)NC(C)=O)c1. The molecule has 0 aromatic heterocycles. The third kappa shape index (κ3) is 3.28. The van der Waals surface area contributed by atoms with E-state index in [2.05, 4.69) is 4.74 Å². The number of rotatable bonds is 3. The van der Waals surface area contributed by atoms with E-state index < -0.39 is 21.9 Å². The van der Waals surface area contributed by atoms with Gasteiger partial charge in [0.1, 0.15) is 0 Å². The molecule has 1 N–H and O–H groups in total. The van der Waals surface area contributed by atoms with Crippen molar-refractivity contribution in [3.8, 4) is 0 Å². The second-order valence-corrected chi connectivity index (χ2v) is 4.86. The van der Waals surface area contributed by atoms with Gasteiger partial charge >= 0.3 is 5.97 Å². The zero-order chi connectivity index (χ0) is 13.1. The Hall–Kier alpha value is -1.89. The summed E-state index contributed by atoms with van der Waals surface area (Å²) >= 11 is 0. The maximum Gasteiger partial charge on any atom is 0.337 e. The molecule has 1 aromatic carbocycles. The van der Waals surface area contributed by atoms with Gasteiger partial charge in [-0.3, -0.25) is 4.79 Å². The van der Waals surface area contributed by atoms with Crippen LogP contribution in [0.4, 0.5) is 0 Å². The Kier molecular flexibility index (Phi) is 3.84. The topological polar surface area (TPSA) is 89.5 Å². The first kappa shape index (κ1) is 13.2. The second kappa shape index (κ2) is 4.96. The summed E-state index contributed by atoms with van der Waals surface area (Å²) in [5, 5.41) is 0. The fourth-order valence-corrected chi connectivity index (χ4v) is 2.19. The molecule has 6 nitrogen and oxygen atoms in total. The first-order chi connectivity index (χ1) is 7.86. The third-order valence-electron chi connectivity index (χ3n) is 1.84. The fraction of sp³-hybridized carbons (Fsp3) is 0.200. The van der Waals surface area contributed by atoms with Gasteiger partial charge in [-0.05, 0) is 18.2 Å². The molecule has 0 spiro atoms. The molecule has 0 aliphatic carbocycles. The standard InChI is InChI=1S/C10H11NO5S/c1-7(12)11-17(14,15)9-5-3-4-8(6-9)10(13)16-2/h3-6H,1-2H3,(H,11,12). The van der Waals surface area contributed by atoms with E-state index in [0.717, 1.165) is 13.0 Å². The van der Waals surface area contributed by atoms with Crippen molar-refractivity contribution in [2.24, 2.45) is 0 Å². The summed E-state index contributed by atoms with van der Waals surface area (Å²) in [6, 6.07) is 5.22. The Bertz CT molecular complexity index is 550. The summed E-state index contributed by atoms with van der Waals surface area (Å²) in [4.78, 5) is 21.8. The van der Waals surface area contributed by atoms with E-state index >= 15 is 0 Å². The number of sulfonamides is 1. The van der Waals surface area contributed by atoms with Crippen LogP contribution in [0, 0.1) is 0 Å². The Morgan fingerprint density at radius 3 is 2.47 bits per heavy atom.